The van der Waals surface area contributed by atoms with Gasteiger partial charge in [-0.05, 0) is 113 Å². The number of hydrogen-bond donors (Lipinski definition) is 0. The van der Waals surface area contributed by atoms with E-state index >= 15 is 0 Å². The third-order valence-electron chi connectivity index (χ3n) is 12.7. The van der Waals surface area contributed by atoms with Crippen LogP contribution >= 0.6 is 0 Å². The summed E-state index contributed by atoms with van der Waals surface area (Å²) >= 11 is 0. The van der Waals surface area contributed by atoms with Crippen molar-refractivity contribution >= 4 is 39.0 Å². The Morgan fingerprint density at radius 3 is 2.15 bits per heavy atom. The topological polar surface area (TPSA) is 16.4 Å². The molecular formula is C46H37NO. The summed E-state index contributed by atoms with van der Waals surface area (Å²) in [6, 6.07) is 47.8. The van der Waals surface area contributed by atoms with Gasteiger partial charge >= 0.3 is 0 Å². The lowest BCUT2D eigenvalue weighted by Crippen LogP contribution is -2.31. The van der Waals surface area contributed by atoms with E-state index in [0.29, 0.717) is 0 Å². The van der Waals surface area contributed by atoms with Crippen molar-refractivity contribution in [2.75, 3.05) is 4.90 Å². The van der Waals surface area contributed by atoms with Crippen molar-refractivity contribution in [3.63, 3.8) is 0 Å². The molecule has 0 radical (unpaired) electrons. The largest absolute Gasteiger partial charge is 0.456 e. The van der Waals surface area contributed by atoms with Gasteiger partial charge in [-0.15, -0.1) is 0 Å². The third-order valence-corrected chi connectivity index (χ3v) is 12.7. The van der Waals surface area contributed by atoms with Gasteiger partial charge in [0.2, 0.25) is 0 Å². The number of fused-ring (bicyclic) bond motifs is 14. The summed E-state index contributed by atoms with van der Waals surface area (Å²) in [7, 11) is 0. The van der Waals surface area contributed by atoms with Gasteiger partial charge in [-0.3, -0.25) is 0 Å². The van der Waals surface area contributed by atoms with Crippen LogP contribution in [0.1, 0.15) is 61.8 Å². The summed E-state index contributed by atoms with van der Waals surface area (Å²) in [6.07, 6.45) is 5.38. The zero-order chi connectivity index (χ0) is 31.8. The highest BCUT2D eigenvalue weighted by Gasteiger charge is 2.57. The fraction of sp³-hybridized carbons (Fsp3) is 0.217. The van der Waals surface area contributed by atoms with Crippen molar-refractivity contribution < 1.29 is 4.42 Å². The van der Waals surface area contributed by atoms with Crippen molar-refractivity contribution in [3.05, 3.63) is 150 Å². The minimum absolute atomic E-state index is 0.0866. The van der Waals surface area contributed by atoms with Gasteiger partial charge in [-0.2, -0.15) is 0 Å². The molecule has 1 heterocycles. The summed E-state index contributed by atoms with van der Waals surface area (Å²) in [6.45, 7) is 4.76. The molecule has 232 valence electrons. The number of para-hydroxylation sites is 1. The Labute approximate surface area is 281 Å². The Balaban J connectivity index is 1.19. The van der Waals surface area contributed by atoms with Crippen molar-refractivity contribution in [1.29, 1.82) is 0 Å². The minimum atomic E-state index is -0.0866. The molecule has 2 nitrogen and oxygen atoms in total. The molecule has 0 saturated heterocycles. The van der Waals surface area contributed by atoms with Gasteiger partial charge in [0.1, 0.15) is 11.2 Å². The maximum absolute atomic E-state index is 6.32. The zero-order valence-electron chi connectivity index (χ0n) is 27.5. The van der Waals surface area contributed by atoms with E-state index in [1.54, 1.807) is 11.1 Å². The van der Waals surface area contributed by atoms with E-state index in [-0.39, 0.29) is 10.8 Å². The highest BCUT2D eigenvalue weighted by Crippen LogP contribution is 2.67. The van der Waals surface area contributed by atoms with E-state index in [9.17, 15) is 0 Å². The fourth-order valence-corrected chi connectivity index (χ4v) is 10.7. The molecule has 3 atom stereocenters. The molecule has 0 amide bonds. The maximum Gasteiger partial charge on any atom is 0.135 e. The van der Waals surface area contributed by atoms with Gasteiger partial charge in [0.25, 0.3) is 0 Å². The van der Waals surface area contributed by atoms with E-state index in [2.05, 4.69) is 146 Å². The molecule has 4 aliphatic carbocycles. The van der Waals surface area contributed by atoms with Gasteiger partial charge in [-0.25, -0.2) is 0 Å². The Morgan fingerprint density at radius 1 is 0.583 bits per heavy atom. The van der Waals surface area contributed by atoms with Crippen molar-refractivity contribution in [2.24, 2.45) is 11.8 Å². The molecule has 2 heteroatoms. The van der Waals surface area contributed by atoms with Crippen LogP contribution in [0.2, 0.25) is 0 Å². The standard InChI is InChI=1S/C46H37NO/c1-45(2)37-13-6-3-10-32(37)33-22-20-31(26-40(33)45)47(30-21-23-43-36(25-30)34-11-5-8-17-42(34)48-43)41-16-9-15-39-44(41)35-12-4-7-14-38(35)46(39)27-28-18-19-29(46)24-28/h3-17,20-23,25-26,28-29H,18-19,24,27H2,1-2H3. The van der Waals surface area contributed by atoms with E-state index in [0.717, 1.165) is 39.5 Å². The molecule has 7 aromatic rings. The van der Waals surface area contributed by atoms with Crippen LogP contribution in [0.4, 0.5) is 17.1 Å². The number of rotatable bonds is 3. The van der Waals surface area contributed by atoms with E-state index in [1.165, 1.54) is 70.4 Å². The molecule has 48 heavy (non-hydrogen) atoms. The van der Waals surface area contributed by atoms with Crippen molar-refractivity contribution in [3.8, 4) is 22.3 Å². The average molecular weight is 620 g/mol. The lowest BCUT2D eigenvalue weighted by Gasteiger charge is -2.37. The summed E-state index contributed by atoms with van der Waals surface area (Å²) in [5.74, 6) is 1.56. The van der Waals surface area contributed by atoms with Crippen molar-refractivity contribution in [1.82, 2.24) is 0 Å². The third kappa shape index (κ3) is 3.33. The van der Waals surface area contributed by atoms with Gasteiger partial charge < -0.3 is 9.32 Å². The van der Waals surface area contributed by atoms with Gasteiger partial charge in [0.05, 0.1) is 5.69 Å². The first-order valence-electron chi connectivity index (χ1n) is 17.7. The van der Waals surface area contributed by atoms with Gasteiger partial charge in [-0.1, -0.05) is 105 Å². The molecule has 6 aromatic carbocycles. The van der Waals surface area contributed by atoms with Crippen molar-refractivity contribution in [2.45, 2.75) is 50.4 Å². The van der Waals surface area contributed by atoms with Crippen LogP contribution in [0.25, 0.3) is 44.2 Å². The number of anilines is 3. The average Bonchev–Trinajstić information content (AvgIpc) is 3.93. The van der Waals surface area contributed by atoms with Gasteiger partial charge in [0.15, 0.2) is 0 Å². The smallest absolute Gasteiger partial charge is 0.135 e. The molecule has 4 aliphatic rings. The highest BCUT2D eigenvalue weighted by molar-refractivity contribution is 6.07. The monoisotopic (exact) mass is 619 g/mol. The van der Waals surface area contributed by atoms with Crippen LogP contribution in [-0.2, 0) is 10.8 Å². The minimum Gasteiger partial charge on any atom is -0.456 e. The molecule has 2 saturated carbocycles. The SMILES string of the molecule is CC1(C)c2ccccc2-c2ccc(N(c3ccc4oc5ccccc5c4c3)c3cccc4c3-c3ccccc3C43CC4CCC3C4)cc21. The molecule has 0 N–H and O–H groups in total. The Kier molecular flexibility index (Phi) is 5.21. The van der Waals surface area contributed by atoms with Crippen LogP contribution < -0.4 is 4.90 Å². The number of hydrogen-bond acceptors (Lipinski definition) is 2. The maximum atomic E-state index is 6.32. The number of benzene rings is 6. The summed E-state index contributed by atoms with van der Waals surface area (Å²) in [5, 5.41) is 2.31. The Morgan fingerprint density at radius 2 is 1.29 bits per heavy atom. The molecule has 0 aliphatic heterocycles. The molecule has 2 fully saturated rings. The second-order valence-corrected chi connectivity index (χ2v) is 15.3. The zero-order valence-corrected chi connectivity index (χ0v) is 27.5. The molecule has 3 unspecified atom stereocenters. The summed E-state index contributed by atoms with van der Waals surface area (Å²) in [4.78, 5) is 2.54. The van der Waals surface area contributed by atoms with Crippen LogP contribution in [0.15, 0.2) is 132 Å². The summed E-state index contributed by atoms with van der Waals surface area (Å²) in [5.41, 5.74) is 16.9. The molecular weight excluding hydrogens is 583 g/mol. The second-order valence-electron chi connectivity index (χ2n) is 15.3. The Bertz CT molecular complexity index is 2480. The summed E-state index contributed by atoms with van der Waals surface area (Å²) < 4.78 is 6.32. The normalized spacial score (nSPS) is 22.3. The molecule has 1 aromatic heterocycles. The molecule has 11 rings (SSSR count). The second kappa shape index (κ2) is 9.29. The van der Waals surface area contributed by atoms with Crippen LogP contribution in [-0.4, -0.2) is 0 Å². The van der Waals surface area contributed by atoms with E-state index in [1.807, 2.05) is 0 Å². The highest BCUT2D eigenvalue weighted by atomic mass is 16.3. The first-order chi connectivity index (χ1) is 23.5. The number of nitrogens with zero attached hydrogens (tertiary/aromatic N) is 1. The van der Waals surface area contributed by atoms with Gasteiger partial charge in [0, 0.05) is 38.5 Å². The van der Waals surface area contributed by atoms with E-state index < -0.39 is 0 Å². The lowest BCUT2D eigenvalue weighted by molar-refractivity contribution is 0.327. The van der Waals surface area contributed by atoms with Crippen LogP contribution in [0, 0.1) is 11.8 Å². The van der Waals surface area contributed by atoms with Crippen LogP contribution in [0.3, 0.4) is 0 Å². The predicted octanol–water partition coefficient (Wildman–Crippen LogP) is 12.4. The quantitative estimate of drug-likeness (QED) is 0.196. The first-order valence-corrected chi connectivity index (χ1v) is 17.7. The molecule has 2 bridgehead atoms. The molecule has 1 spiro atoms. The van der Waals surface area contributed by atoms with E-state index in [4.69, 9.17) is 4.42 Å². The van der Waals surface area contributed by atoms with Crippen LogP contribution in [0.5, 0.6) is 0 Å². The predicted molar refractivity (Wildman–Crippen MR) is 198 cm³/mol. The first kappa shape index (κ1) is 26.9. The lowest BCUT2D eigenvalue weighted by atomic mass is 9.67. The Hall–Kier alpha value is -5.08. The fourth-order valence-electron chi connectivity index (χ4n) is 10.7. The number of furan rings is 1.